The van der Waals surface area contributed by atoms with Gasteiger partial charge in [-0.25, -0.2) is 14.8 Å². The smallest absolute Gasteiger partial charge is 0.187 e. The second kappa shape index (κ2) is 10.6. The third-order valence-corrected chi connectivity index (χ3v) is 13.6. The molecule has 0 aliphatic carbocycles. The van der Waals surface area contributed by atoms with E-state index in [9.17, 15) is 5.26 Å². The summed E-state index contributed by atoms with van der Waals surface area (Å²) in [6.45, 7) is 7.73. The summed E-state index contributed by atoms with van der Waals surface area (Å²) in [7, 11) is 0. The minimum absolute atomic E-state index is 0.547. The summed E-state index contributed by atoms with van der Waals surface area (Å²) in [6, 6.07) is 44.2. The van der Waals surface area contributed by atoms with Gasteiger partial charge in [-0.15, -0.1) is 34.0 Å². The van der Waals surface area contributed by atoms with Gasteiger partial charge in [0.2, 0.25) is 0 Å². The Bertz CT molecular complexity index is 3180. The van der Waals surface area contributed by atoms with Crippen molar-refractivity contribution in [3.63, 3.8) is 0 Å². The molecule has 0 bridgehead atoms. The number of thiophene rings is 3. The van der Waals surface area contributed by atoms with Crippen LogP contribution < -0.4 is 0 Å². The number of nitriles is 1. The van der Waals surface area contributed by atoms with Crippen molar-refractivity contribution in [2.45, 2.75) is 0 Å². The van der Waals surface area contributed by atoms with E-state index in [1.165, 1.54) is 40.3 Å². The van der Waals surface area contributed by atoms with Crippen LogP contribution >= 0.6 is 34.0 Å². The lowest BCUT2D eigenvalue weighted by molar-refractivity contribution is 1.44. The van der Waals surface area contributed by atoms with Crippen molar-refractivity contribution < 1.29 is 0 Å². The number of nitrogens with zero attached hydrogens (tertiary/aromatic N) is 4. The van der Waals surface area contributed by atoms with Gasteiger partial charge < -0.3 is 0 Å². The molecule has 0 aliphatic rings. The normalized spacial score (nSPS) is 11.9. The molecule has 7 heteroatoms. The van der Waals surface area contributed by atoms with Crippen molar-refractivity contribution in [2.24, 2.45) is 0 Å². The molecule has 0 fully saturated rings. The molecule has 7 aromatic carbocycles. The Kier molecular flexibility index (Phi) is 5.97. The van der Waals surface area contributed by atoms with Crippen LogP contribution in [0.15, 0.2) is 121 Å². The van der Waals surface area contributed by atoms with Gasteiger partial charge in [-0.2, -0.15) is 5.26 Å². The molecule has 0 aliphatic heterocycles. The summed E-state index contributed by atoms with van der Waals surface area (Å²) in [5.41, 5.74) is 6.75. The highest BCUT2D eigenvalue weighted by molar-refractivity contribution is 7.28. The highest BCUT2D eigenvalue weighted by Crippen LogP contribution is 2.51. The van der Waals surface area contributed by atoms with Crippen LogP contribution in [0.4, 0.5) is 5.69 Å². The summed E-state index contributed by atoms with van der Waals surface area (Å²) in [6.07, 6.45) is 0. The summed E-state index contributed by atoms with van der Waals surface area (Å²) in [5, 5.41) is 18.5. The molecule has 4 nitrogen and oxygen atoms in total. The van der Waals surface area contributed by atoms with Crippen molar-refractivity contribution >= 4 is 124 Å². The lowest BCUT2D eigenvalue weighted by Gasteiger charge is -2.11. The molecule has 0 spiro atoms. The Morgan fingerprint density at radius 2 is 1.02 bits per heavy atom. The zero-order valence-corrected chi connectivity index (χ0v) is 29.0. The number of hydrogen-bond donors (Lipinski definition) is 0. The van der Waals surface area contributed by atoms with Gasteiger partial charge in [0.1, 0.15) is 11.0 Å². The van der Waals surface area contributed by atoms with Gasteiger partial charge in [0.05, 0.1) is 39.0 Å². The first-order valence-corrected chi connectivity index (χ1v) is 18.9. The minimum Gasteiger partial charge on any atom is -0.242 e. The van der Waals surface area contributed by atoms with E-state index >= 15 is 0 Å². The van der Waals surface area contributed by atoms with Gasteiger partial charge in [0.25, 0.3) is 0 Å². The molecule has 0 saturated carbocycles. The van der Waals surface area contributed by atoms with E-state index in [0.29, 0.717) is 11.3 Å². The Balaban J connectivity index is 1.32. The zero-order valence-electron chi connectivity index (χ0n) is 26.6. The molecule has 51 heavy (non-hydrogen) atoms. The molecular weight excluding hydrogens is 681 g/mol. The van der Waals surface area contributed by atoms with E-state index in [1.807, 2.05) is 59.1 Å². The van der Waals surface area contributed by atoms with Crippen molar-refractivity contribution in [1.29, 1.82) is 5.26 Å². The highest BCUT2D eigenvalue weighted by Gasteiger charge is 2.24. The second-order valence-electron chi connectivity index (χ2n) is 12.7. The highest BCUT2D eigenvalue weighted by atomic mass is 32.1. The van der Waals surface area contributed by atoms with Crippen molar-refractivity contribution in [2.75, 3.05) is 0 Å². The van der Waals surface area contributed by atoms with Gasteiger partial charge in [-0.05, 0) is 41.1 Å². The first-order chi connectivity index (χ1) is 25.2. The van der Waals surface area contributed by atoms with Gasteiger partial charge in [0.15, 0.2) is 5.69 Å². The van der Waals surface area contributed by atoms with E-state index in [-0.39, 0.29) is 0 Å². The largest absolute Gasteiger partial charge is 0.242 e. The maximum Gasteiger partial charge on any atom is 0.187 e. The summed E-state index contributed by atoms with van der Waals surface area (Å²) in [4.78, 5) is 17.1. The second-order valence-corrected chi connectivity index (χ2v) is 15.8. The number of fused-ring (bicyclic) bond motifs is 13. The first-order valence-electron chi connectivity index (χ1n) is 16.4. The molecule has 0 saturated heterocycles. The molecule has 0 N–H and O–H groups in total. The van der Waals surface area contributed by atoms with E-state index < -0.39 is 0 Å². The molecule has 4 aromatic heterocycles. The van der Waals surface area contributed by atoms with Crippen molar-refractivity contribution in [3.8, 4) is 27.0 Å². The molecule has 0 amide bonds. The van der Waals surface area contributed by atoms with Crippen molar-refractivity contribution in [3.05, 3.63) is 138 Å². The predicted molar refractivity (Wildman–Crippen MR) is 218 cm³/mol. The van der Waals surface area contributed by atoms with Crippen LogP contribution in [-0.4, -0.2) is 9.97 Å². The third kappa shape index (κ3) is 4.03. The fourth-order valence-electron chi connectivity index (χ4n) is 7.62. The average molecular weight is 701 g/mol. The van der Waals surface area contributed by atoms with Crippen LogP contribution in [0.3, 0.4) is 0 Å². The summed E-state index contributed by atoms with van der Waals surface area (Å²) in [5.74, 6) is 0. The Labute approximate surface area is 302 Å². The lowest BCUT2D eigenvalue weighted by Crippen LogP contribution is -1.92. The van der Waals surface area contributed by atoms with Gasteiger partial charge in [0, 0.05) is 62.2 Å². The fraction of sp³-hybridized carbons (Fsp3) is 0. The molecule has 11 aromatic rings. The lowest BCUT2D eigenvalue weighted by atomic mass is 9.97. The van der Waals surface area contributed by atoms with Crippen LogP contribution in [-0.2, 0) is 0 Å². The van der Waals surface area contributed by atoms with E-state index in [0.717, 1.165) is 64.5 Å². The van der Waals surface area contributed by atoms with Crippen molar-refractivity contribution in [1.82, 2.24) is 9.97 Å². The monoisotopic (exact) mass is 700 g/mol. The minimum atomic E-state index is 0.547. The third-order valence-electron chi connectivity index (χ3n) is 9.91. The molecule has 234 valence electrons. The van der Waals surface area contributed by atoms with Crippen LogP contribution in [0.1, 0.15) is 5.56 Å². The van der Waals surface area contributed by atoms with Gasteiger partial charge in [-0.3, -0.25) is 0 Å². The first kappa shape index (κ1) is 28.6. The molecule has 4 heterocycles. The number of hydrogen-bond acceptors (Lipinski definition) is 6. The van der Waals surface area contributed by atoms with Crippen LogP contribution in [0.2, 0.25) is 0 Å². The van der Waals surface area contributed by atoms with Crippen LogP contribution in [0, 0.1) is 17.9 Å². The number of benzene rings is 7. The van der Waals surface area contributed by atoms with Crippen LogP contribution in [0.5, 0.6) is 0 Å². The maximum atomic E-state index is 9.84. The quantitative estimate of drug-likeness (QED) is 0.133. The number of rotatable bonds is 2. The fourth-order valence-corrected chi connectivity index (χ4v) is 11.4. The summed E-state index contributed by atoms with van der Waals surface area (Å²) < 4.78 is 5.00. The Morgan fingerprint density at radius 3 is 1.59 bits per heavy atom. The maximum absolute atomic E-state index is 9.84. The van der Waals surface area contributed by atoms with E-state index in [4.69, 9.17) is 16.5 Å². The average Bonchev–Trinajstić information content (AvgIpc) is 3.88. The molecule has 11 rings (SSSR count). The number of aromatic nitrogens is 2. The molecular formula is C44H20N4S3. The Hall–Kier alpha value is -6.22. The van der Waals surface area contributed by atoms with Gasteiger partial charge >= 0.3 is 0 Å². The molecule has 0 unspecified atom stereocenters. The van der Waals surface area contributed by atoms with E-state index in [1.54, 1.807) is 11.3 Å². The summed E-state index contributed by atoms with van der Waals surface area (Å²) >= 11 is 5.41. The zero-order chi connectivity index (χ0) is 33.8. The predicted octanol–water partition coefficient (Wildman–Crippen LogP) is 13.6. The standard InChI is InChI=1S/C44H20N4S3/c1-46-24-17-19-28-34(21-24)33-20-23(22-45)16-18-27(33)37-38(28)48-40-39(47-37)43(31-12-6-10-29-25-8-2-4-14-35(25)49-41(29)31)51-44(40)32-13-7-11-30-26-9-3-5-15-36(26)50-42(30)32/h2-21H. The van der Waals surface area contributed by atoms with Gasteiger partial charge in [-0.1, -0.05) is 91.0 Å². The SMILES string of the molecule is [C-]#[N+]c1ccc2c(c1)c1cc(C#N)ccc1c1nc3c(-c4cccc5c4sc4ccccc45)sc(-c4cccc5c4sc4ccccc45)c3nc21. The Morgan fingerprint density at radius 1 is 0.490 bits per heavy atom. The molecule has 0 radical (unpaired) electrons. The topological polar surface area (TPSA) is 53.9 Å². The molecule has 0 atom stereocenters. The van der Waals surface area contributed by atoms with E-state index in [2.05, 4.69) is 95.8 Å². The van der Waals surface area contributed by atoms with Crippen LogP contribution in [0.25, 0.3) is 110 Å².